The largest absolute Gasteiger partial charge is 0.280 e. The number of nitrogens with one attached hydrogen (secondary N) is 1. The van der Waals surface area contributed by atoms with Crippen molar-refractivity contribution in [3.63, 3.8) is 0 Å². The number of pyridine rings is 1. The Labute approximate surface area is 191 Å². The van der Waals surface area contributed by atoms with E-state index in [4.69, 9.17) is 0 Å². The molecule has 0 saturated carbocycles. The highest BCUT2D eigenvalue weighted by atomic mass is 32.2. The van der Waals surface area contributed by atoms with Gasteiger partial charge < -0.3 is 0 Å². The number of hydrogen-bond acceptors (Lipinski definition) is 6. The summed E-state index contributed by atoms with van der Waals surface area (Å²) >= 11 is 0. The molecule has 3 aromatic heterocycles. The van der Waals surface area contributed by atoms with E-state index >= 15 is 0 Å². The number of aromatic nitrogens is 5. The molecule has 0 aliphatic rings. The number of nitrogens with zero attached hydrogens (tertiary/aromatic N) is 5. The molecule has 3 heterocycles. The molecule has 0 amide bonds. The Bertz CT molecular complexity index is 1560. The van der Waals surface area contributed by atoms with E-state index in [-0.39, 0.29) is 4.90 Å². The quantitative estimate of drug-likeness (QED) is 0.424. The van der Waals surface area contributed by atoms with Crippen molar-refractivity contribution >= 4 is 21.4 Å². The fraction of sp³-hybridized carbons (Fsp3) is 0.0833. The molecular weight excluding hydrogens is 436 g/mol. The van der Waals surface area contributed by atoms with Crippen molar-refractivity contribution in [3.8, 4) is 22.8 Å². The minimum atomic E-state index is -3.68. The van der Waals surface area contributed by atoms with Crippen LogP contribution in [0.4, 0.5) is 5.69 Å². The molecular formula is C24H20N6O2S. The summed E-state index contributed by atoms with van der Waals surface area (Å²) in [6, 6.07) is 21.4. The number of anilines is 1. The van der Waals surface area contributed by atoms with Gasteiger partial charge in [-0.15, -0.1) is 10.2 Å². The van der Waals surface area contributed by atoms with Crippen LogP contribution in [0.5, 0.6) is 0 Å². The van der Waals surface area contributed by atoms with Gasteiger partial charge in [-0.2, -0.15) is 9.61 Å². The number of rotatable bonds is 5. The molecule has 0 aliphatic carbocycles. The van der Waals surface area contributed by atoms with E-state index in [0.717, 1.165) is 16.7 Å². The summed E-state index contributed by atoms with van der Waals surface area (Å²) in [6.45, 7) is 3.84. The normalized spacial score (nSPS) is 11.6. The minimum Gasteiger partial charge on any atom is -0.280 e. The van der Waals surface area contributed by atoms with Crippen molar-refractivity contribution in [2.75, 3.05) is 4.72 Å². The van der Waals surface area contributed by atoms with Gasteiger partial charge in [-0.3, -0.25) is 9.71 Å². The lowest BCUT2D eigenvalue weighted by Crippen LogP contribution is -2.13. The first-order valence-electron chi connectivity index (χ1n) is 10.3. The first kappa shape index (κ1) is 20.8. The average molecular weight is 457 g/mol. The Kier molecular flexibility index (Phi) is 5.10. The van der Waals surface area contributed by atoms with Crippen LogP contribution in [0.15, 0.2) is 83.9 Å². The van der Waals surface area contributed by atoms with Gasteiger partial charge in [0.1, 0.15) is 5.69 Å². The summed E-state index contributed by atoms with van der Waals surface area (Å²) in [5.74, 6) is 0.547. The van der Waals surface area contributed by atoms with Crippen LogP contribution in [-0.2, 0) is 10.0 Å². The van der Waals surface area contributed by atoms with Gasteiger partial charge in [-0.25, -0.2) is 8.42 Å². The Morgan fingerprint density at radius 2 is 1.64 bits per heavy atom. The fourth-order valence-corrected chi connectivity index (χ4v) is 4.55. The second-order valence-electron chi connectivity index (χ2n) is 7.66. The van der Waals surface area contributed by atoms with Crippen molar-refractivity contribution < 1.29 is 8.42 Å². The van der Waals surface area contributed by atoms with Crippen molar-refractivity contribution in [2.24, 2.45) is 0 Å². The molecule has 8 nitrogen and oxygen atoms in total. The number of hydrogen-bond donors (Lipinski definition) is 1. The zero-order valence-corrected chi connectivity index (χ0v) is 18.8. The predicted molar refractivity (Wildman–Crippen MR) is 126 cm³/mol. The van der Waals surface area contributed by atoms with Gasteiger partial charge in [0.15, 0.2) is 5.65 Å². The first-order chi connectivity index (χ1) is 15.9. The molecule has 0 aliphatic heterocycles. The SMILES string of the molecule is Cc1ccc(S(=O)(=O)Nc2ccc(-c3ccc4nnc(-c5ccccn5)n4n3)cc2)cc1C. The summed E-state index contributed by atoms with van der Waals surface area (Å²) in [6.07, 6.45) is 1.69. The molecule has 0 unspecified atom stereocenters. The van der Waals surface area contributed by atoms with Gasteiger partial charge in [0.2, 0.25) is 5.82 Å². The molecule has 0 bridgehead atoms. The summed E-state index contributed by atoms with van der Waals surface area (Å²) < 4.78 is 29.8. The van der Waals surface area contributed by atoms with Gasteiger partial charge in [0.25, 0.3) is 10.0 Å². The molecule has 164 valence electrons. The van der Waals surface area contributed by atoms with Crippen LogP contribution < -0.4 is 4.72 Å². The number of benzene rings is 2. The summed E-state index contributed by atoms with van der Waals surface area (Å²) in [5, 5.41) is 13.0. The van der Waals surface area contributed by atoms with Crippen LogP contribution in [0, 0.1) is 13.8 Å². The summed E-state index contributed by atoms with van der Waals surface area (Å²) in [4.78, 5) is 4.56. The third-order valence-electron chi connectivity index (χ3n) is 5.38. The number of aryl methyl sites for hydroxylation is 2. The minimum absolute atomic E-state index is 0.233. The molecule has 33 heavy (non-hydrogen) atoms. The van der Waals surface area contributed by atoms with Crippen LogP contribution in [0.25, 0.3) is 28.4 Å². The molecule has 0 atom stereocenters. The predicted octanol–water partition coefficient (Wildman–Crippen LogP) is 4.27. The van der Waals surface area contributed by atoms with Crippen LogP contribution in [0.1, 0.15) is 11.1 Å². The fourth-order valence-electron chi connectivity index (χ4n) is 3.40. The molecule has 0 radical (unpaired) electrons. The van der Waals surface area contributed by atoms with Crippen molar-refractivity contribution in [2.45, 2.75) is 18.7 Å². The summed E-state index contributed by atoms with van der Waals surface area (Å²) in [5.41, 5.74) is 5.24. The lowest BCUT2D eigenvalue weighted by Gasteiger charge is -2.10. The number of sulfonamides is 1. The smallest absolute Gasteiger partial charge is 0.261 e. The molecule has 9 heteroatoms. The van der Waals surface area contributed by atoms with E-state index in [0.29, 0.717) is 28.5 Å². The van der Waals surface area contributed by atoms with Gasteiger partial charge in [-0.1, -0.05) is 24.3 Å². The lowest BCUT2D eigenvalue weighted by atomic mass is 10.1. The zero-order valence-electron chi connectivity index (χ0n) is 18.0. The Morgan fingerprint density at radius 3 is 2.36 bits per heavy atom. The average Bonchev–Trinajstić information content (AvgIpc) is 3.25. The van der Waals surface area contributed by atoms with Crippen LogP contribution >= 0.6 is 0 Å². The second kappa shape index (κ2) is 8.10. The molecule has 1 N–H and O–H groups in total. The molecule has 2 aromatic carbocycles. The maximum Gasteiger partial charge on any atom is 0.261 e. The van der Waals surface area contributed by atoms with Crippen molar-refractivity contribution in [3.05, 3.63) is 90.1 Å². The van der Waals surface area contributed by atoms with E-state index in [1.54, 1.807) is 41.0 Å². The topological polar surface area (TPSA) is 102 Å². The molecule has 0 spiro atoms. The Hall–Kier alpha value is -4.11. The van der Waals surface area contributed by atoms with E-state index in [2.05, 4.69) is 25.0 Å². The van der Waals surface area contributed by atoms with E-state index in [1.165, 1.54) is 0 Å². The van der Waals surface area contributed by atoms with Gasteiger partial charge in [-0.05, 0) is 73.5 Å². The van der Waals surface area contributed by atoms with Gasteiger partial charge in [0, 0.05) is 17.4 Å². The maximum absolute atomic E-state index is 12.8. The van der Waals surface area contributed by atoms with E-state index < -0.39 is 10.0 Å². The molecule has 5 aromatic rings. The van der Waals surface area contributed by atoms with Crippen LogP contribution in [0.2, 0.25) is 0 Å². The van der Waals surface area contributed by atoms with Crippen molar-refractivity contribution in [1.29, 1.82) is 0 Å². The highest BCUT2D eigenvalue weighted by Gasteiger charge is 2.15. The van der Waals surface area contributed by atoms with Crippen LogP contribution in [-0.4, -0.2) is 33.2 Å². The van der Waals surface area contributed by atoms with Crippen molar-refractivity contribution in [1.82, 2.24) is 24.8 Å². The van der Waals surface area contributed by atoms with Crippen LogP contribution in [0.3, 0.4) is 0 Å². The monoisotopic (exact) mass is 456 g/mol. The Balaban J connectivity index is 1.43. The van der Waals surface area contributed by atoms with E-state index in [1.807, 2.05) is 56.3 Å². The lowest BCUT2D eigenvalue weighted by molar-refractivity contribution is 0.601. The third kappa shape index (κ3) is 4.06. The summed E-state index contributed by atoms with van der Waals surface area (Å²) in [7, 11) is -3.68. The van der Waals surface area contributed by atoms with Gasteiger partial charge >= 0.3 is 0 Å². The molecule has 0 fully saturated rings. The Morgan fingerprint density at radius 1 is 0.818 bits per heavy atom. The maximum atomic E-state index is 12.8. The second-order valence-corrected chi connectivity index (χ2v) is 9.34. The van der Waals surface area contributed by atoms with E-state index in [9.17, 15) is 8.42 Å². The molecule has 5 rings (SSSR count). The van der Waals surface area contributed by atoms with Gasteiger partial charge in [0.05, 0.1) is 10.6 Å². The highest BCUT2D eigenvalue weighted by Crippen LogP contribution is 2.24. The third-order valence-corrected chi connectivity index (χ3v) is 6.76. The number of fused-ring (bicyclic) bond motifs is 1. The highest BCUT2D eigenvalue weighted by molar-refractivity contribution is 7.92. The molecule has 0 saturated heterocycles. The standard InChI is InChI=1S/C24H20N6O2S/c1-16-6-11-20(15-17(16)2)33(31,32)29-19-9-7-18(8-10-19)21-12-13-23-26-27-24(30(23)28-21)22-5-3-4-14-25-22/h3-15,29H,1-2H3. The zero-order chi connectivity index (χ0) is 23.0. The first-order valence-corrected chi connectivity index (χ1v) is 11.7.